The fraction of sp³-hybridized carbons (Fsp3) is 0.600. The molecule has 0 saturated heterocycles. The largest absolute Gasteiger partial charge is 0.316 e. The van der Waals surface area contributed by atoms with Gasteiger partial charge in [0, 0.05) is 6.54 Å². The molecule has 0 aromatic carbocycles. The lowest BCUT2D eigenvalue weighted by Crippen LogP contribution is -2.03. The Balaban J connectivity index is 2.66. The molecular formula is C5H11N. The van der Waals surface area contributed by atoms with Gasteiger partial charge in [-0.2, -0.15) is 0 Å². The molecule has 0 saturated carbocycles. The lowest BCUT2D eigenvalue weighted by Gasteiger charge is -1.81. The third-order valence-corrected chi connectivity index (χ3v) is 0.558. The molecule has 1 nitrogen and oxygen atoms in total. The van der Waals surface area contributed by atoms with E-state index in [4.69, 9.17) is 0 Å². The SMILES string of the molecule is C/C=C/CNC. The molecule has 0 amide bonds. The van der Waals surface area contributed by atoms with Crippen LogP contribution >= 0.6 is 0 Å². The predicted molar refractivity (Wildman–Crippen MR) is 28.7 cm³/mol. The second-order valence-electron chi connectivity index (χ2n) is 1.13. The van der Waals surface area contributed by atoms with Gasteiger partial charge in [-0.3, -0.25) is 0 Å². The molecule has 0 rings (SSSR count). The number of likely N-dealkylation sites (N-methyl/N-ethyl adjacent to an activating group) is 1. The van der Waals surface area contributed by atoms with Crippen molar-refractivity contribution in [1.82, 2.24) is 5.32 Å². The number of rotatable bonds is 2. The highest BCUT2D eigenvalue weighted by Gasteiger charge is 1.61. The van der Waals surface area contributed by atoms with Gasteiger partial charge in [0.25, 0.3) is 0 Å². The Morgan fingerprint density at radius 3 is 2.50 bits per heavy atom. The van der Waals surface area contributed by atoms with Crippen molar-refractivity contribution in [1.29, 1.82) is 0 Å². The third kappa shape index (κ3) is 3.70. The minimum Gasteiger partial charge on any atom is -0.316 e. The van der Waals surface area contributed by atoms with Crippen LogP contribution in [-0.2, 0) is 0 Å². The van der Waals surface area contributed by atoms with Gasteiger partial charge in [0.2, 0.25) is 0 Å². The Morgan fingerprint density at radius 2 is 2.33 bits per heavy atom. The molecule has 0 aliphatic carbocycles. The summed E-state index contributed by atoms with van der Waals surface area (Å²) in [4.78, 5) is 0. The Bertz CT molecular complexity index is 39.2. The molecule has 0 radical (unpaired) electrons. The fourth-order valence-corrected chi connectivity index (χ4v) is 0.236. The molecule has 0 aromatic rings. The van der Waals surface area contributed by atoms with Crippen molar-refractivity contribution in [3.05, 3.63) is 12.2 Å². The first-order valence-electron chi connectivity index (χ1n) is 2.17. The highest BCUT2D eigenvalue weighted by atomic mass is 14.8. The summed E-state index contributed by atoms with van der Waals surface area (Å²) in [5.41, 5.74) is 0. The lowest BCUT2D eigenvalue weighted by molar-refractivity contribution is 0.918. The first kappa shape index (κ1) is 5.70. The van der Waals surface area contributed by atoms with Crippen molar-refractivity contribution in [2.45, 2.75) is 6.92 Å². The van der Waals surface area contributed by atoms with Crippen LogP contribution in [0.25, 0.3) is 0 Å². The maximum absolute atomic E-state index is 2.98. The summed E-state index contributed by atoms with van der Waals surface area (Å²) < 4.78 is 0. The van der Waals surface area contributed by atoms with Crippen molar-refractivity contribution in [3.8, 4) is 0 Å². The number of allylic oxidation sites excluding steroid dienone is 1. The Labute approximate surface area is 39.1 Å². The van der Waals surface area contributed by atoms with Crippen molar-refractivity contribution >= 4 is 0 Å². The standard InChI is InChI=1S/C5H11N/c1-3-4-5-6-2/h3-4,6H,5H2,1-2H3/b4-3+. The minimum absolute atomic E-state index is 0.983. The normalized spacial score (nSPS) is 10.3. The maximum Gasteiger partial charge on any atom is 0.0131 e. The third-order valence-electron chi connectivity index (χ3n) is 0.558. The van der Waals surface area contributed by atoms with Crippen LogP contribution in [0.3, 0.4) is 0 Å². The van der Waals surface area contributed by atoms with Crippen LogP contribution in [-0.4, -0.2) is 13.6 Å². The number of hydrogen-bond donors (Lipinski definition) is 1. The number of hydrogen-bond acceptors (Lipinski definition) is 1. The van der Waals surface area contributed by atoms with Gasteiger partial charge in [-0.15, -0.1) is 0 Å². The van der Waals surface area contributed by atoms with E-state index in [-0.39, 0.29) is 0 Å². The van der Waals surface area contributed by atoms with Gasteiger partial charge < -0.3 is 5.32 Å². The fourth-order valence-electron chi connectivity index (χ4n) is 0.236. The zero-order valence-corrected chi connectivity index (χ0v) is 4.36. The second-order valence-corrected chi connectivity index (χ2v) is 1.13. The zero-order chi connectivity index (χ0) is 4.83. The summed E-state index contributed by atoms with van der Waals surface area (Å²) in [6, 6.07) is 0. The highest BCUT2D eigenvalue weighted by Crippen LogP contribution is 1.61. The van der Waals surface area contributed by atoms with Gasteiger partial charge in [0.15, 0.2) is 0 Å². The average molecular weight is 85.1 g/mol. The molecule has 0 unspecified atom stereocenters. The molecule has 6 heavy (non-hydrogen) atoms. The first-order valence-corrected chi connectivity index (χ1v) is 2.17. The molecule has 0 atom stereocenters. The summed E-state index contributed by atoms with van der Waals surface area (Å²) in [5.74, 6) is 0. The summed E-state index contributed by atoms with van der Waals surface area (Å²) in [5, 5.41) is 2.98. The van der Waals surface area contributed by atoms with Crippen LogP contribution in [0.1, 0.15) is 6.92 Å². The van der Waals surface area contributed by atoms with Crippen LogP contribution < -0.4 is 5.32 Å². The van der Waals surface area contributed by atoms with E-state index in [1.165, 1.54) is 0 Å². The van der Waals surface area contributed by atoms with E-state index >= 15 is 0 Å². The quantitative estimate of drug-likeness (QED) is 0.489. The van der Waals surface area contributed by atoms with E-state index in [0.717, 1.165) is 6.54 Å². The monoisotopic (exact) mass is 85.1 g/mol. The van der Waals surface area contributed by atoms with Crippen LogP contribution in [0.15, 0.2) is 12.2 Å². The number of nitrogens with one attached hydrogen (secondary N) is 1. The Morgan fingerprint density at radius 1 is 1.67 bits per heavy atom. The second kappa shape index (κ2) is 4.70. The predicted octanol–water partition coefficient (Wildman–Crippen LogP) is 0.782. The van der Waals surface area contributed by atoms with Crippen LogP contribution in [0, 0.1) is 0 Å². The summed E-state index contributed by atoms with van der Waals surface area (Å²) >= 11 is 0. The van der Waals surface area contributed by atoms with E-state index in [0.29, 0.717) is 0 Å². The lowest BCUT2D eigenvalue weighted by atomic mass is 10.5. The summed E-state index contributed by atoms with van der Waals surface area (Å²) in [6.07, 6.45) is 4.09. The van der Waals surface area contributed by atoms with Gasteiger partial charge in [0.05, 0.1) is 0 Å². The molecule has 0 heterocycles. The van der Waals surface area contributed by atoms with Gasteiger partial charge in [-0.1, -0.05) is 12.2 Å². The van der Waals surface area contributed by atoms with E-state index in [1.54, 1.807) is 0 Å². The van der Waals surface area contributed by atoms with Crippen LogP contribution in [0.2, 0.25) is 0 Å². The molecule has 0 fully saturated rings. The molecule has 0 aliphatic heterocycles. The topological polar surface area (TPSA) is 12.0 Å². The molecule has 0 aliphatic rings. The van der Waals surface area contributed by atoms with Gasteiger partial charge in [-0.05, 0) is 14.0 Å². The van der Waals surface area contributed by atoms with Crippen molar-refractivity contribution in [2.75, 3.05) is 13.6 Å². The summed E-state index contributed by atoms with van der Waals surface area (Å²) in [7, 11) is 1.93. The smallest absolute Gasteiger partial charge is 0.0131 e. The van der Waals surface area contributed by atoms with Gasteiger partial charge in [0.1, 0.15) is 0 Å². The molecule has 0 aromatic heterocycles. The van der Waals surface area contributed by atoms with E-state index < -0.39 is 0 Å². The van der Waals surface area contributed by atoms with Crippen LogP contribution in [0.5, 0.6) is 0 Å². The molecule has 36 valence electrons. The van der Waals surface area contributed by atoms with Crippen molar-refractivity contribution in [3.63, 3.8) is 0 Å². The molecule has 0 bridgehead atoms. The van der Waals surface area contributed by atoms with E-state index in [9.17, 15) is 0 Å². The highest BCUT2D eigenvalue weighted by molar-refractivity contribution is 4.77. The first-order chi connectivity index (χ1) is 2.91. The Hall–Kier alpha value is -0.300. The average Bonchev–Trinajstić information content (AvgIpc) is 1.61. The molecule has 1 heteroatoms. The maximum atomic E-state index is 2.98. The van der Waals surface area contributed by atoms with Crippen molar-refractivity contribution < 1.29 is 0 Å². The van der Waals surface area contributed by atoms with Gasteiger partial charge >= 0.3 is 0 Å². The van der Waals surface area contributed by atoms with E-state index in [2.05, 4.69) is 11.4 Å². The van der Waals surface area contributed by atoms with Gasteiger partial charge in [-0.25, -0.2) is 0 Å². The van der Waals surface area contributed by atoms with E-state index in [1.807, 2.05) is 20.0 Å². The van der Waals surface area contributed by atoms with Crippen molar-refractivity contribution in [2.24, 2.45) is 0 Å². The minimum atomic E-state index is 0.983. The molecular weight excluding hydrogens is 74.1 g/mol. The molecule has 0 spiro atoms. The summed E-state index contributed by atoms with van der Waals surface area (Å²) in [6.45, 7) is 2.99. The Kier molecular flexibility index (Phi) is 4.46. The zero-order valence-electron chi connectivity index (χ0n) is 4.36. The van der Waals surface area contributed by atoms with Crippen LogP contribution in [0.4, 0.5) is 0 Å². The molecule has 1 N–H and O–H groups in total.